The third-order valence-corrected chi connectivity index (χ3v) is 3.87. The molecular weight excluding hydrogens is 230 g/mol. The first kappa shape index (κ1) is 11.3. The van der Waals surface area contributed by atoms with Gasteiger partial charge in [-0.3, -0.25) is 9.59 Å². The standard InChI is InChI=1S/C14H15NO3/c1-8-6-9-4-2-3-5-12(9)15(8)13(16)10-7-11(10)14(17)18/h2-5,8,10-11H,6-7H2,1H3,(H,17,18)/t8?,10-,11+/m1/s1. The Kier molecular flexibility index (Phi) is 2.40. The number of fused-ring (bicyclic) bond motifs is 1. The minimum Gasteiger partial charge on any atom is -0.481 e. The smallest absolute Gasteiger partial charge is 0.307 e. The van der Waals surface area contributed by atoms with Crippen molar-refractivity contribution in [3.05, 3.63) is 29.8 Å². The van der Waals surface area contributed by atoms with Crippen molar-refractivity contribution >= 4 is 17.6 Å². The summed E-state index contributed by atoms with van der Waals surface area (Å²) in [5.74, 6) is -1.68. The molecule has 1 heterocycles. The van der Waals surface area contributed by atoms with Crippen molar-refractivity contribution < 1.29 is 14.7 Å². The van der Waals surface area contributed by atoms with Crippen LogP contribution in [0.1, 0.15) is 18.9 Å². The number of amides is 1. The maximum absolute atomic E-state index is 12.4. The lowest BCUT2D eigenvalue weighted by atomic mass is 10.1. The summed E-state index contributed by atoms with van der Waals surface area (Å²) < 4.78 is 0. The fourth-order valence-corrected chi connectivity index (χ4v) is 2.82. The normalized spacial score (nSPS) is 28.9. The van der Waals surface area contributed by atoms with Crippen molar-refractivity contribution in [2.45, 2.75) is 25.8 Å². The summed E-state index contributed by atoms with van der Waals surface area (Å²) in [6.07, 6.45) is 1.34. The van der Waals surface area contributed by atoms with Gasteiger partial charge in [-0.2, -0.15) is 0 Å². The number of carbonyl (C=O) groups is 2. The van der Waals surface area contributed by atoms with Gasteiger partial charge in [0.05, 0.1) is 11.8 Å². The van der Waals surface area contributed by atoms with Crippen molar-refractivity contribution in [2.75, 3.05) is 4.90 Å². The topological polar surface area (TPSA) is 57.6 Å². The molecule has 4 heteroatoms. The number of hydrogen-bond acceptors (Lipinski definition) is 2. The zero-order valence-electron chi connectivity index (χ0n) is 10.2. The summed E-state index contributed by atoms with van der Waals surface area (Å²) in [5.41, 5.74) is 2.12. The van der Waals surface area contributed by atoms with Gasteiger partial charge in [0.15, 0.2) is 0 Å². The second-order valence-corrected chi connectivity index (χ2v) is 5.18. The fourth-order valence-electron chi connectivity index (χ4n) is 2.82. The molecule has 1 fully saturated rings. The monoisotopic (exact) mass is 245 g/mol. The van der Waals surface area contributed by atoms with E-state index in [1.165, 1.54) is 5.56 Å². The highest BCUT2D eigenvalue weighted by Gasteiger charge is 2.51. The number of nitrogens with zero attached hydrogens (tertiary/aromatic N) is 1. The number of carboxylic acid groups (broad SMARTS) is 1. The van der Waals surface area contributed by atoms with Gasteiger partial charge in [0, 0.05) is 11.7 Å². The molecule has 0 spiro atoms. The average Bonchev–Trinajstić information content (AvgIpc) is 3.05. The average molecular weight is 245 g/mol. The minimum atomic E-state index is -0.853. The minimum absolute atomic E-state index is 0.0279. The highest BCUT2D eigenvalue weighted by atomic mass is 16.4. The third-order valence-electron chi connectivity index (χ3n) is 3.87. The molecule has 0 radical (unpaired) electrons. The van der Waals surface area contributed by atoms with Gasteiger partial charge in [0.1, 0.15) is 0 Å². The van der Waals surface area contributed by atoms with Crippen molar-refractivity contribution in [1.29, 1.82) is 0 Å². The van der Waals surface area contributed by atoms with Crippen LogP contribution in [-0.4, -0.2) is 23.0 Å². The Morgan fingerprint density at radius 1 is 1.28 bits per heavy atom. The number of aliphatic carboxylic acids is 1. The quantitative estimate of drug-likeness (QED) is 0.862. The van der Waals surface area contributed by atoms with Crippen LogP contribution in [0, 0.1) is 11.8 Å². The summed E-state index contributed by atoms with van der Waals surface area (Å²) in [6.45, 7) is 2.01. The van der Waals surface area contributed by atoms with E-state index < -0.39 is 11.9 Å². The predicted octanol–water partition coefficient (Wildman–Crippen LogP) is 1.68. The Morgan fingerprint density at radius 3 is 2.67 bits per heavy atom. The number of para-hydroxylation sites is 1. The lowest BCUT2D eigenvalue weighted by Gasteiger charge is -2.22. The Balaban J connectivity index is 1.85. The molecule has 1 saturated carbocycles. The number of benzene rings is 1. The van der Waals surface area contributed by atoms with E-state index in [-0.39, 0.29) is 17.9 Å². The van der Waals surface area contributed by atoms with E-state index in [0.717, 1.165) is 12.1 Å². The molecular formula is C14H15NO3. The molecule has 1 unspecified atom stereocenters. The summed E-state index contributed by atoms with van der Waals surface area (Å²) in [7, 11) is 0. The molecule has 1 aliphatic carbocycles. The van der Waals surface area contributed by atoms with Crippen LogP contribution in [-0.2, 0) is 16.0 Å². The van der Waals surface area contributed by atoms with Crippen molar-refractivity contribution in [1.82, 2.24) is 0 Å². The first-order chi connectivity index (χ1) is 8.59. The number of carbonyl (C=O) groups excluding carboxylic acids is 1. The van der Waals surface area contributed by atoms with Gasteiger partial charge in [-0.25, -0.2) is 0 Å². The molecule has 1 aromatic rings. The van der Waals surface area contributed by atoms with E-state index in [9.17, 15) is 9.59 Å². The first-order valence-electron chi connectivity index (χ1n) is 6.23. The second-order valence-electron chi connectivity index (χ2n) is 5.18. The van der Waals surface area contributed by atoms with E-state index in [0.29, 0.717) is 6.42 Å². The Hall–Kier alpha value is -1.84. The Bertz CT molecular complexity index is 526. The lowest BCUT2D eigenvalue weighted by molar-refractivity contribution is -0.140. The molecule has 3 rings (SSSR count). The molecule has 1 aliphatic heterocycles. The summed E-state index contributed by atoms with van der Waals surface area (Å²) in [6, 6.07) is 7.98. The van der Waals surface area contributed by atoms with E-state index in [1.54, 1.807) is 4.90 Å². The molecule has 18 heavy (non-hydrogen) atoms. The van der Waals surface area contributed by atoms with Crippen LogP contribution in [0.2, 0.25) is 0 Å². The van der Waals surface area contributed by atoms with Crippen LogP contribution in [0.4, 0.5) is 5.69 Å². The second kappa shape index (κ2) is 3.83. The van der Waals surface area contributed by atoms with Crippen LogP contribution < -0.4 is 4.90 Å². The number of hydrogen-bond donors (Lipinski definition) is 1. The number of anilines is 1. The molecule has 0 saturated heterocycles. The molecule has 3 atom stereocenters. The molecule has 2 aliphatic rings. The predicted molar refractivity (Wildman–Crippen MR) is 66.3 cm³/mol. The summed E-state index contributed by atoms with van der Waals surface area (Å²) in [4.78, 5) is 25.0. The Labute approximate surface area is 105 Å². The lowest BCUT2D eigenvalue weighted by Crippen LogP contribution is -2.37. The highest BCUT2D eigenvalue weighted by molar-refractivity contribution is 6.01. The van der Waals surface area contributed by atoms with Crippen LogP contribution >= 0.6 is 0 Å². The summed E-state index contributed by atoms with van der Waals surface area (Å²) in [5, 5.41) is 8.91. The SMILES string of the molecule is CC1Cc2ccccc2N1C(=O)[C@@H]1C[C@@H]1C(=O)O. The third kappa shape index (κ3) is 1.60. The molecule has 1 N–H and O–H groups in total. The van der Waals surface area contributed by atoms with Crippen molar-refractivity contribution in [3.63, 3.8) is 0 Å². The van der Waals surface area contributed by atoms with Crippen molar-refractivity contribution in [3.8, 4) is 0 Å². The van der Waals surface area contributed by atoms with Gasteiger partial charge in [-0.15, -0.1) is 0 Å². The van der Waals surface area contributed by atoms with E-state index in [1.807, 2.05) is 31.2 Å². The zero-order chi connectivity index (χ0) is 12.9. The van der Waals surface area contributed by atoms with E-state index in [2.05, 4.69) is 0 Å². The van der Waals surface area contributed by atoms with Gasteiger partial charge in [0.2, 0.25) is 5.91 Å². The number of rotatable bonds is 2. The highest BCUT2D eigenvalue weighted by Crippen LogP contribution is 2.43. The first-order valence-corrected chi connectivity index (χ1v) is 6.23. The van der Waals surface area contributed by atoms with Gasteiger partial charge < -0.3 is 10.0 Å². The van der Waals surface area contributed by atoms with Crippen LogP contribution in [0.3, 0.4) is 0 Å². The molecule has 0 aromatic heterocycles. The summed E-state index contributed by atoms with van der Waals surface area (Å²) >= 11 is 0. The fraction of sp³-hybridized carbons (Fsp3) is 0.429. The molecule has 0 bridgehead atoms. The molecule has 1 aromatic carbocycles. The van der Waals surface area contributed by atoms with Gasteiger partial charge in [-0.1, -0.05) is 18.2 Å². The molecule has 4 nitrogen and oxygen atoms in total. The maximum atomic E-state index is 12.4. The maximum Gasteiger partial charge on any atom is 0.307 e. The van der Waals surface area contributed by atoms with Gasteiger partial charge >= 0.3 is 5.97 Å². The van der Waals surface area contributed by atoms with E-state index in [4.69, 9.17) is 5.11 Å². The largest absolute Gasteiger partial charge is 0.481 e. The van der Waals surface area contributed by atoms with E-state index >= 15 is 0 Å². The molecule has 1 amide bonds. The molecule has 94 valence electrons. The van der Waals surface area contributed by atoms with Crippen LogP contribution in [0.25, 0.3) is 0 Å². The number of carboxylic acids is 1. The van der Waals surface area contributed by atoms with Gasteiger partial charge in [0.25, 0.3) is 0 Å². The van der Waals surface area contributed by atoms with Crippen molar-refractivity contribution in [2.24, 2.45) is 11.8 Å². The Morgan fingerprint density at radius 2 is 2.00 bits per heavy atom. The zero-order valence-corrected chi connectivity index (χ0v) is 10.2. The van der Waals surface area contributed by atoms with Gasteiger partial charge in [-0.05, 0) is 31.4 Å². The van der Waals surface area contributed by atoms with Crippen LogP contribution in [0.5, 0.6) is 0 Å². The van der Waals surface area contributed by atoms with Crippen LogP contribution in [0.15, 0.2) is 24.3 Å².